The van der Waals surface area contributed by atoms with Gasteiger partial charge in [-0.05, 0) is 29.8 Å². The fraction of sp³-hybridized carbons (Fsp3) is 0.312. The van der Waals surface area contributed by atoms with Gasteiger partial charge in [0.2, 0.25) is 0 Å². The van der Waals surface area contributed by atoms with Crippen molar-refractivity contribution in [2.24, 2.45) is 0 Å². The van der Waals surface area contributed by atoms with Crippen molar-refractivity contribution in [3.05, 3.63) is 47.8 Å². The van der Waals surface area contributed by atoms with Crippen LogP contribution in [0.15, 0.2) is 36.5 Å². The molecule has 110 valence electrons. The zero-order chi connectivity index (χ0) is 14.7. The number of benzene rings is 1. The minimum absolute atomic E-state index is 0.481. The van der Waals surface area contributed by atoms with E-state index in [9.17, 15) is 5.11 Å². The molecule has 0 saturated heterocycles. The highest BCUT2D eigenvalue weighted by Crippen LogP contribution is 2.35. The molecule has 0 spiro atoms. The third-order valence-electron chi connectivity index (χ3n) is 3.37. The van der Waals surface area contributed by atoms with E-state index in [2.05, 4.69) is 4.98 Å². The quantitative estimate of drug-likeness (QED) is 0.939. The Morgan fingerprint density at radius 1 is 1.19 bits per heavy atom. The van der Waals surface area contributed by atoms with Crippen LogP contribution in [0.4, 0.5) is 0 Å². The molecule has 0 fully saturated rings. The van der Waals surface area contributed by atoms with Gasteiger partial charge in [0.25, 0.3) is 0 Å². The summed E-state index contributed by atoms with van der Waals surface area (Å²) in [6.07, 6.45) is 1.60. The first-order valence-corrected chi connectivity index (χ1v) is 6.86. The molecule has 0 bridgehead atoms. The predicted octanol–water partition coefficient (Wildman–Crippen LogP) is 2.33. The maximum absolute atomic E-state index is 10.5. The maximum Gasteiger partial charge on any atom is 0.161 e. The number of fused-ring (bicyclic) bond motifs is 1. The minimum Gasteiger partial charge on any atom is -0.495 e. The molecule has 1 aliphatic heterocycles. The molecule has 21 heavy (non-hydrogen) atoms. The average molecular weight is 287 g/mol. The molecule has 0 aliphatic carbocycles. The van der Waals surface area contributed by atoms with E-state index in [-0.39, 0.29) is 0 Å². The summed E-state index contributed by atoms with van der Waals surface area (Å²) in [5.74, 6) is 1.91. The summed E-state index contributed by atoms with van der Waals surface area (Å²) in [6, 6.07) is 8.96. The average Bonchev–Trinajstić information content (AvgIpc) is 2.78. The Morgan fingerprint density at radius 3 is 2.81 bits per heavy atom. The molecule has 1 aliphatic rings. The normalized spacial score (nSPS) is 15.1. The van der Waals surface area contributed by atoms with Gasteiger partial charge in [0.1, 0.15) is 17.5 Å². The van der Waals surface area contributed by atoms with Gasteiger partial charge in [-0.3, -0.25) is 4.98 Å². The number of nitrogens with zero attached hydrogens (tertiary/aromatic N) is 1. The number of hydrogen-bond donors (Lipinski definition) is 1. The first-order chi connectivity index (χ1) is 10.3. The SMILES string of the molecule is COc1cccnc1C(O)c1ccc2c(c1)OCCCO2. The Balaban J connectivity index is 1.94. The Hall–Kier alpha value is -2.27. The number of pyridine rings is 1. The molecular formula is C16H17NO4. The summed E-state index contributed by atoms with van der Waals surface area (Å²) in [5, 5.41) is 10.5. The van der Waals surface area contributed by atoms with E-state index in [0.717, 1.165) is 6.42 Å². The van der Waals surface area contributed by atoms with Crippen LogP contribution in [0.3, 0.4) is 0 Å². The van der Waals surface area contributed by atoms with Gasteiger partial charge in [-0.1, -0.05) is 6.07 Å². The van der Waals surface area contributed by atoms with Gasteiger partial charge in [-0.15, -0.1) is 0 Å². The first kappa shape index (κ1) is 13.7. The molecule has 2 heterocycles. The van der Waals surface area contributed by atoms with E-state index in [1.54, 1.807) is 31.5 Å². The topological polar surface area (TPSA) is 60.8 Å². The molecule has 0 radical (unpaired) electrons. The molecular weight excluding hydrogens is 270 g/mol. The van der Waals surface area contributed by atoms with Gasteiger partial charge in [0, 0.05) is 12.6 Å². The Kier molecular flexibility index (Phi) is 3.92. The number of hydrogen-bond acceptors (Lipinski definition) is 5. The highest BCUT2D eigenvalue weighted by Gasteiger charge is 2.19. The van der Waals surface area contributed by atoms with E-state index in [1.165, 1.54) is 0 Å². The number of ether oxygens (including phenoxy) is 3. The summed E-state index contributed by atoms with van der Waals surface area (Å²) in [4.78, 5) is 4.21. The molecule has 5 nitrogen and oxygen atoms in total. The van der Waals surface area contributed by atoms with Crippen LogP contribution in [0.5, 0.6) is 17.2 Å². The summed E-state index contributed by atoms with van der Waals surface area (Å²) >= 11 is 0. The van der Waals surface area contributed by atoms with Gasteiger partial charge in [-0.2, -0.15) is 0 Å². The maximum atomic E-state index is 10.5. The summed E-state index contributed by atoms with van der Waals surface area (Å²) in [6.45, 7) is 1.25. The first-order valence-electron chi connectivity index (χ1n) is 6.86. The Morgan fingerprint density at radius 2 is 2.00 bits per heavy atom. The number of aromatic nitrogens is 1. The summed E-state index contributed by atoms with van der Waals surface area (Å²) in [5.41, 5.74) is 1.17. The Bertz CT molecular complexity index is 629. The van der Waals surface area contributed by atoms with E-state index in [1.807, 2.05) is 12.1 Å². The van der Waals surface area contributed by atoms with Crippen molar-refractivity contribution >= 4 is 0 Å². The second kappa shape index (κ2) is 6.01. The number of methoxy groups -OCH3 is 1. The standard InChI is InChI=1S/C16H17NO4/c1-19-13-4-2-7-17-15(13)16(18)11-5-6-12-14(10-11)21-9-3-8-20-12/h2,4-7,10,16,18H,3,8-9H2,1H3. The zero-order valence-electron chi connectivity index (χ0n) is 11.8. The lowest BCUT2D eigenvalue weighted by molar-refractivity contribution is 0.208. The molecule has 5 heteroatoms. The molecule has 1 N–H and O–H groups in total. The largest absolute Gasteiger partial charge is 0.495 e. The van der Waals surface area contributed by atoms with E-state index < -0.39 is 6.10 Å². The van der Waals surface area contributed by atoms with Crippen LogP contribution in [-0.4, -0.2) is 30.4 Å². The van der Waals surface area contributed by atoms with Crippen molar-refractivity contribution in [3.8, 4) is 17.2 Å². The Labute approximate surface area is 123 Å². The molecule has 1 aromatic carbocycles. The predicted molar refractivity (Wildman–Crippen MR) is 76.9 cm³/mol. The van der Waals surface area contributed by atoms with Crippen LogP contribution >= 0.6 is 0 Å². The second-order valence-electron chi connectivity index (χ2n) is 4.75. The molecule has 0 amide bonds. The van der Waals surface area contributed by atoms with Crippen LogP contribution in [-0.2, 0) is 0 Å². The van der Waals surface area contributed by atoms with Gasteiger partial charge < -0.3 is 19.3 Å². The molecule has 1 unspecified atom stereocenters. The van der Waals surface area contributed by atoms with E-state index in [4.69, 9.17) is 14.2 Å². The highest BCUT2D eigenvalue weighted by molar-refractivity contribution is 5.46. The van der Waals surface area contributed by atoms with Crippen LogP contribution in [0, 0.1) is 0 Å². The van der Waals surface area contributed by atoms with Crippen LogP contribution < -0.4 is 14.2 Å². The van der Waals surface area contributed by atoms with E-state index >= 15 is 0 Å². The smallest absolute Gasteiger partial charge is 0.161 e. The zero-order valence-corrected chi connectivity index (χ0v) is 11.8. The third kappa shape index (κ3) is 2.78. The lowest BCUT2D eigenvalue weighted by Crippen LogP contribution is -2.05. The fourth-order valence-electron chi connectivity index (χ4n) is 2.29. The van der Waals surface area contributed by atoms with Gasteiger partial charge in [0.05, 0.1) is 20.3 Å². The van der Waals surface area contributed by atoms with Gasteiger partial charge >= 0.3 is 0 Å². The van der Waals surface area contributed by atoms with Gasteiger partial charge in [0.15, 0.2) is 11.5 Å². The van der Waals surface area contributed by atoms with Crippen LogP contribution in [0.25, 0.3) is 0 Å². The van der Waals surface area contributed by atoms with Crippen molar-refractivity contribution in [1.29, 1.82) is 0 Å². The molecule has 1 atom stereocenters. The van der Waals surface area contributed by atoms with Crippen molar-refractivity contribution in [2.45, 2.75) is 12.5 Å². The lowest BCUT2D eigenvalue weighted by Gasteiger charge is -2.15. The number of aliphatic hydroxyl groups excluding tert-OH is 1. The minimum atomic E-state index is -0.877. The number of aliphatic hydroxyl groups is 1. The monoisotopic (exact) mass is 287 g/mol. The molecule has 1 aromatic heterocycles. The van der Waals surface area contributed by atoms with E-state index in [0.29, 0.717) is 41.7 Å². The lowest BCUT2D eigenvalue weighted by atomic mass is 10.0. The van der Waals surface area contributed by atoms with Gasteiger partial charge in [-0.25, -0.2) is 0 Å². The van der Waals surface area contributed by atoms with Crippen molar-refractivity contribution in [3.63, 3.8) is 0 Å². The second-order valence-corrected chi connectivity index (χ2v) is 4.75. The fourth-order valence-corrected chi connectivity index (χ4v) is 2.29. The highest BCUT2D eigenvalue weighted by atomic mass is 16.5. The van der Waals surface area contributed by atoms with Crippen molar-refractivity contribution in [2.75, 3.05) is 20.3 Å². The molecule has 3 rings (SSSR count). The van der Waals surface area contributed by atoms with Crippen LogP contribution in [0.1, 0.15) is 23.8 Å². The summed E-state index contributed by atoms with van der Waals surface area (Å²) in [7, 11) is 1.56. The van der Waals surface area contributed by atoms with Crippen molar-refractivity contribution < 1.29 is 19.3 Å². The third-order valence-corrected chi connectivity index (χ3v) is 3.37. The summed E-state index contributed by atoms with van der Waals surface area (Å²) < 4.78 is 16.5. The van der Waals surface area contributed by atoms with Crippen LogP contribution in [0.2, 0.25) is 0 Å². The molecule has 2 aromatic rings. The number of rotatable bonds is 3. The molecule has 0 saturated carbocycles. The van der Waals surface area contributed by atoms with Crippen molar-refractivity contribution in [1.82, 2.24) is 4.98 Å².